The highest BCUT2D eigenvalue weighted by atomic mass is 19.1. The van der Waals surface area contributed by atoms with Crippen molar-refractivity contribution in [3.05, 3.63) is 89.2 Å². The molecule has 1 atom stereocenters. The molecule has 2 aliphatic rings. The molecule has 0 spiro atoms. The Morgan fingerprint density at radius 3 is 2.61 bits per heavy atom. The average molecular weight is 444 g/mol. The first-order chi connectivity index (χ1) is 16.0. The van der Waals surface area contributed by atoms with Crippen molar-refractivity contribution in [2.75, 3.05) is 18.5 Å². The average Bonchev–Trinajstić information content (AvgIpc) is 3.12. The standard InChI is InChI=1S/C26H21FN2O4/c27-23-13-20(10-7-17(23)12-22-21-3-1-2-4-24(21)29-26(22)31)33-19-8-5-16(6-9-19)11-18-14-32-15-25(30)28-18/h1-10,12-13,18H,11,14-15H2,(H,28,30)(H,29,31). The van der Waals surface area contributed by atoms with Crippen molar-refractivity contribution in [1.29, 1.82) is 0 Å². The molecule has 33 heavy (non-hydrogen) atoms. The number of anilines is 1. The fourth-order valence-corrected chi connectivity index (χ4v) is 3.96. The lowest BCUT2D eigenvalue weighted by Gasteiger charge is -2.23. The number of para-hydroxylation sites is 1. The molecule has 6 nitrogen and oxygen atoms in total. The molecule has 2 heterocycles. The van der Waals surface area contributed by atoms with Gasteiger partial charge in [-0.1, -0.05) is 30.3 Å². The fraction of sp³-hybridized carbons (Fsp3) is 0.154. The number of hydrogen-bond donors (Lipinski definition) is 2. The molecular weight excluding hydrogens is 423 g/mol. The van der Waals surface area contributed by atoms with Crippen molar-refractivity contribution >= 4 is 29.2 Å². The van der Waals surface area contributed by atoms with Gasteiger partial charge in [0.15, 0.2) is 0 Å². The van der Waals surface area contributed by atoms with Gasteiger partial charge in [0.25, 0.3) is 5.91 Å². The van der Waals surface area contributed by atoms with Gasteiger partial charge >= 0.3 is 0 Å². The number of rotatable bonds is 5. The minimum Gasteiger partial charge on any atom is -0.457 e. The van der Waals surface area contributed by atoms with Crippen LogP contribution >= 0.6 is 0 Å². The number of nitrogens with one attached hydrogen (secondary N) is 2. The predicted molar refractivity (Wildman–Crippen MR) is 122 cm³/mol. The van der Waals surface area contributed by atoms with E-state index in [9.17, 15) is 14.0 Å². The highest BCUT2D eigenvalue weighted by Crippen LogP contribution is 2.33. The Balaban J connectivity index is 1.27. The summed E-state index contributed by atoms with van der Waals surface area (Å²) in [5.41, 5.74) is 3.23. The summed E-state index contributed by atoms with van der Waals surface area (Å²) in [4.78, 5) is 23.7. The van der Waals surface area contributed by atoms with Crippen LogP contribution in [0, 0.1) is 5.82 Å². The van der Waals surface area contributed by atoms with Gasteiger partial charge in [-0.15, -0.1) is 0 Å². The van der Waals surface area contributed by atoms with Crippen molar-refractivity contribution < 1.29 is 23.5 Å². The number of amides is 2. The van der Waals surface area contributed by atoms with Crippen molar-refractivity contribution in [2.24, 2.45) is 0 Å². The summed E-state index contributed by atoms with van der Waals surface area (Å²) < 4.78 is 25.8. The van der Waals surface area contributed by atoms with Gasteiger partial charge in [-0.2, -0.15) is 0 Å². The molecule has 3 aromatic rings. The summed E-state index contributed by atoms with van der Waals surface area (Å²) in [6.07, 6.45) is 2.20. The van der Waals surface area contributed by atoms with Crippen molar-refractivity contribution in [3.63, 3.8) is 0 Å². The number of carbonyl (C=O) groups excluding carboxylic acids is 2. The van der Waals surface area contributed by atoms with Gasteiger partial charge in [0.1, 0.15) is 23.9 Å². The van der Waals surface area contributed by atoms with E-state index >= 15 is 0 Å². The lowest BCUT2D eigenvalue weighted by Crippen LogP contribution is -2.46. The first-order valence-electron chi connectivity index (χ1n) is 10.6. The van der Waals surface area contributed by atoms with Gasteiger partial charge in [-0.05, 0) is 48.4 Å². The quantitative estimate of drug-likeness (QED) is 0.580. The van der Waals surface area contributed by atoms with E-state index in [-0.39, 0.29) is 24.5 Å². The zero-order chi connectivity index (χ0) is 22.8. The van der Waals surface area contributed by atoms with Gasteiger partial charge in [-0.3, -0.25) is 9.59 Å². The highest BCUT2D eigenvalue weighted by Gasteiger charge is 2.24. The van der Waals surface area contributed by atoms with E-state index in [0.29, 0.717) is 35.7 Å². The number of halogens is 1. The van der Waals surface area contributed by atoms with Crippen LogP contribution in [0.3, 0.4) is 0 Å². The Labute approximate surface area is 190 Å². The van der Waals surface area contributed by atoms with Gasteiger partial charge in [-0.25, -0.2) is 4.39 Å². The maximum Gasteiger partial charge on any atom is 0.256 e. The molecule has 2 aliphatic heterocycles. The van der Waals surface area contributed by atoms with Crippen molar-refractivity contribution in [3.8, 4) is 11.5 Å². The fourth-order valence-electron chi connectivity index (χ4n) is 3.96. The van der Waals surface area contributed by atoms with Crippen molar-refractivity contribution in [2.45, 2.75) is 12.5 Å². The van der Waals surface area contributed by atoms with Crippen LogP contribution in [0.25, 0.3) is 11.6 Å². The molecular formula is C26H21FN2O4. The van der Waals surface area contributed by atoms with Gasteiger partial charge in [0.05, 0.1) is 12.6 Å². The summed E-state index contributed by atoms with van der Waals surface area (Å²) in [5.74, 6) is 0.0752. The van der Waals surface area contributed by atoms with Crippen LogP contribution in [-0.2, 0) is 20.7 Å². The SMILES string of the molecule is O=C1COCC(Cc2ccc(Oc3ccc(C=C4C(=O)Nc5ccccc54)c(F)c3)cc2)N1. The van der Waals surface area contributed by atoms with E-state index in [1.165, 1.54) is 6.07 Å². The number of hydrogen-bond acceptors (Lipinski definition) is 4. The maximum atomic E-state index is 14.8. The van der Waals surface area contributed by atoms with Crippen LogP contribution in [0.5, 0.6) is 11.5 Å². The largest absolute Gasteiger partial charge is 0.457 e. The van der Waals surface area contributed by atoms with E-state index in [0.717, 1.165) is 16.8 Å². The number of ether oxygens (including phenoxy) is 2. The molecule has 2 amide bonds. The van der Waals surface area contributed by atoms with Gasteiger partial charge in [0.2, 0.25) is 5.91 Å². The summed E-state index contributed by atoms with van der Waals surface area (Å²) in [5, 5.41) is 5.68. The molecule has 0 radical (unpaired) electrons. The van der Waals surface area contributed by atoms with Crippen LogP contribution in [0.1, 0.15) is 16.7 Å². The topological polar surface area (TPSA) is 76.7 Å². The van der Waals surface area contributed by atoms with Crippen LogP contribution in [-0.4, -0.2) is 31.1 Å². The van der Waals surface area contributed by atoms with Crippen molar-refractivity contribution in [1.82, 2.24) is 5.32 Å². The third-order valence-corrected chi connectivity index (χ3v) is 5.54. The van der Waals surface area contributed by atoms with Crippen LogP contribution in [0.4, 0.5) is 10.1 Å². The second kappa shape index (κ2) is 8.88. The molecule has 0 aliphatic carbocycles. The van der Waals surface area contributed by atoms with E-state index in [2.05, 4.69) is 10.6 Å². The molecule has 2 N–H and O–H groups in total. The first kappa shape index (κ1) is 20.9. The van der Waals surface area contributed by atoms with E-state index < -0.39 is 5.82 Å². The second-order valence-electron chi connectivity index (χ2n) is 7.97. The monoisotopic (exact) mass is 444 g/mol. The first-order valence-corrected chi connectivity index (χ1v) is 10.6. The Bertz CT molecular complexity index is 1250. The zero-order valence-electron chi connectivity index (χ0n) is 17.6. The molecule has 1 fully saturated rings. The summed E-state index contributed by atoms with van der Waals surface area (Å²) in [6.45, 7) is 0.593. The van der Waals surface area contributed by atoms with E-state index in [1.54, 1.807) is 30.3 Å². The van der Waals surface area contributed by atoms with Crippen LogP contribution in [0.2, 0.25) is 0 Å². The van der Waals surface area contributed by atoms with E-state index in [4.69, 9.17) is 9.47 Å². The van der Waals surface area contributed by atoms with Crippen LogP contribution < -0.4 is 15.4 Å². The number of fused-ring (bicyclic) bond motifs is 1. The number of benzene rings is 3. The summed E-state index contributed by atoms with van der Waals surface area (Å²) in [6, 6.07) is 19.2. The third kappa shape index (κ3) is 4.63. The summed E-state index contributed by atoms with van der Waals surface area (Å²) in [7, 11) is 0. The Morgan fingerprint density at radius 2 is 1.82 bits per heavy atom. The molecule has 3 aromatic carbocycles. The lowest BCUT2D eigenvalue weighted by atomic mass is 10.0. The normalized spacial score (nSPS) is 18.6. The molecule has 0 aromatic heterocycles. The predicted octanol–water partition coefficient (Wildman–Crippen LogP) is 4.17. The Hall–Kier alpha value is -3.97. The minimum absolute atomic E-state index is 0.0531. The molecule has 166 valence electrons. The molecule has 0 bridgehead atoms. The molecule has 7 heteroatoms. The third-order valence-electron chi connectivity index (χ3n) is 5.54. The smallest absolute Gasteiger partial charge is 0.256 e. The summed E-state index contributed by atoms with van der Waals surface area (Å²) >= 11 is 0. The Morgan fingerprint density at radius 1 is 1.03 bits per heavy atom. The maximum absolute atomic E-state index is 14.8. The van der Waals surface area contributed by atoms with Gasteiger partial charge in [0, 0.05) is 28.5 Å². The lowest BCUT2D eigenvalue weighted by molar-refractivity contribution is -0.131. The number of carbonyl (C=O) groups is 2. The van der Waals surface area contributed by atoms with Crippen LogP contribution in [0.15, 0.2) is 66.7 Å². The molecule has 1 saturated heterocycles. The van der Waals surface area contributed by atoms with Gasteiger partial charge < -0.3 is 20.1 Å². The number of morpholine rings is 1. The zero-order valence-corrected chi connectivity index (χ0v) is 17.6. The second-order valence-corrected chi connectivity index (χ2v) is 7.97. The molecule has 0 saturated carbocycles. The Kier molecular flexibility index (Phi) is 5.62. The minimum atomic E-state index is -0.484. The molecule has 1 unspecified atom stereocenters. The molecule has 5 rings (SSSR count). The highest BCUT2D eigenvalue weighted by molar-refractivity contribution is 6.34. The van der Waals surface area contributed by atoms with E-state index in [1.807, 2.05) is 36.4 Å².